The van der Waals surface area contributed by atoms with Crippen molar-refractivity contribution >= 4 is 46.6 Å². The molecule has 1 N–H and O–H groups in total. The topological polar surface area (TPSA) is 104 Å². The highest BCUT2D eigenvalue weighted by molar-refractivity contribution is 6.32. The van der Waals surface area contributed by atoms with Crippen molar-refractivity contribution in [2.24, 2.45) is 23.7 Å². The number of nitrogens with zero attached hydrogens (tertiary/aromatic N) is 2. The quantitative estimate of drug-likeness (QED) is 0.173. The Labute approximate surface area is 294 Å². The molecule has 6 unspecified atom stereocenters. The highest BCUT2D eigenvalue weighted by Gasteiger charge is 2.70. The van der Waals surface area contributed by atoms with Gasteiger partial charge in [-0.1, -0.05) is 84.8 Å². The Bertz CT molecular complexity index is 2100. The first-order chi connectivity index (χ1) is 24.2. The largest absolute Gasteiger partial charge is 0.504 e. The number of ether oxygens (including phenoxy) is 1. The highest BCUT2D eigenvalue weighted by Crippen LogP contribution is 2.64. The van der Waals surface area contributed by atoms with Gasteiger partial charge in [0, 0.05) is 10.9 Å². The van der Waals surface area contributed by atoms with Crippen LogP contribution in [0, 0.1) is 23.7 Å². The van der Waals surface area contributed by atoms with E-state index in [1.807, 2.05) is 67.6 Å². The number of phenolic OH excluding ortho intramolecular Hbond substituents is 1. The zero-order valence-corrected chi connectivity index (χ0v) is 28.3. The molecule has 1 saturated carbocycles. The van der Waals surface area contributed by atoms with Crippen molar-refractivity contribution in [1.82, 2.24) is 0 Å². The van der Waals surface area contributed by atoms with Crippen LogP contribution in [0.4, 0.5) is 11.4 Å². The summed E-state index contributed by atoms with van der Waals surface area (Å²) in [6, 6.07) is 28.5. The third-order valence-corrected chi connectivity index (χ3v) is 11.5. The second-order valence-electron chi connectivity index (χ2n) is 13.6. The van der Waals surface area contributed by atoms with Gasteiger partial charge >= 0.3 is 0 Å². The third-order valence-electron chi connectivity index (χ3n) is 11.3. The van der Waals surface area contributed by atoms with Crippen LogP contribution >= 0.6 is 11.6 Å². The summed E-state index contributed by atoms with van der Waals surface area (Å²) in [5.74, 6) is -4.62. The summed E-state index contributed by atoms with van der Waals surface area (Å²) in [6.45, 7) is 2.05. The van der Waals surface area contributed by atoms with Crippen molar-refractivity contribution < 1.29 is 29.0 Å². The summed E-state index contributed by atoms with van der Waals surface area (Å²) < 4.78 is 5.54. The molecule has 4 aromatic carbocycles. The van der Waals surface area contributed by atoms with Gasteiger partial charge in [-0.2, -0.15) is 0 Å². The molecule has 8 rings (SSSR count). The van der Waals surface area contributed by atoms with Gasteiger partial charge < -0.3 is 9.84 Å². The van der Waals surface area contributed by atoms with Gasteiger partial charge in [0.15, 0.2) is 11.5 Å². The van der Waals surface area contributed by atoms with Gasteiger partial charge in [0.05, 0.1) is 41.7 Å². The summed E-state index contributed by atoms with van der Waals surface area (Å²) in [5.41, 5.74) is 2.72. The monoisotopic (exact) mass is 686 g/mol. The number of imide groups is 2. The molecule has 8 nitrogen and oxygen atoms in total. The van der Waals surface area contributed by atoms with Crippen molar-refractivity contribution in [3.05, 3.63) is 130 Å². The summed E-state index contributed by atoms with van der Waals surface area (Å²) in [5, 5.41) is 11.0. The number of aromatic hydroxyl groups is 1. The molecule has 2 aliphatic heterocycles. The van der Waals surface area contributed by atoms with E-state index in [1.165, 1.54) is 23.0 Å². The minimum atomic E-state index is -1.42. The molecule has 4 aromatic rings. The molecule has 2 heterocycles. The number of hydrogen-bond acceptors (Lipinski definition) is 6. The zero-order chi connectivity index (χ0) is 34.9. The number of amides is 4. The van der Waals surface area contributed by atoms with Gasteiger partial charge in [-0.15, -0.1) is 0 Å². The van der Waals surface area contributed by atoms with Crippen LogP contribution in [0.2, 0.25) is 5.02 Å². The van der Waals surface area contributed by atoms with Crippen LogP contribution in [0.1, 0.15) is 42.4 Å². The van der Waals surface area contributed by atoms with Gasteiger partial charge in [-0.3, -0.25) is 24.1 Å². The molecule has 4 amide bonds. The van der Waals surface area contributed by atoms with Crippen molar-refractivity contribution in [3.8, 4) is 11.5 Å². The molecule has 9 heteroatoms. The lowest BCUT2D eigenvalue weighted by Gasteiger charge is -2.50. The number of hydrogen-bond donors (Lipinski definition) is 1. The molecule has 4 aliphatic rings. The number of aryl methyl sites for hydroxylation is 1. The minimum Gasteiger partial charge on any atom is -0.504 e. The van der Waals surface area contributed by atoms with Gasteiger partial charge in [-0.05, 0) is 84.3 Å². The van der Waals surface area contributed by atoms with Gasteiger partial charge in [0.2, 0.25) is 23.6 Å². The molecule has 0 radical (unpaired) electrons. The molecule has 2 aliphatic carbocycles. The van der Waals surface area contributed by atoms with Gasteiger partial charge in [0.25, 0.3) is 0 Å². The highest BCUT2D eigenvalue weighted by atomic mass is 35.5. The molecule has 6 atom stereocenters. The van der Waals surface area contributed by atoms with Crippen molar-refractivity contribution in [3.63, 3.8) is 0 Å². The standard InChI is InChI=1S/C41H35ClN2O6/c1-3-23-12-15-27(16-13-23)43-37(46)30-18-17-29-31(35(30)39(43)48)22-32-38(47)44(28-11-7-10-26(42)21-28)40(49)41(32,25-8-5-4-6-9-25)36(29)24-14-19-33(45)34(20-24)50-2/h4-17,19-21,30-32,35-36,45H,3,18,22H2,1-2H3. The van der Waals surface area contributed by atoms with Crippen molar-refractivity contribution in [2.75, 3.05) is 16.9 Å². The molecule has 0 spiro atoms. The smallest absolute Gasteiger partial charge is 0.246 e. The Morgan fingerprint density at radius 1 is 0.820 bits per heavy atom. The number of allylic oxidation sites excluding steroid dienone is 2. The van der Waals surface area contributed by atoms with E-state index in [9.17, 15) is 19.5 Å². The lowest BCUT2D eigenvalue weighted by atomic mass is 9.49. The molecule has 0 bridgehead atoms. The molecule has 50 heavy (non-hydrogen) atoms. The van der Waals surface area contributed by atoms with E-state index in [-0.39, 0.29) is 35.6 Å². The number of halogens is 1. The van der Waals surface area contributed by atoms with E-state index in [2.05, 4.69) is 0 Å². The first-order valence-corrected chi connectivity index (χ1v) is 17.3. The van der Waals surface area contributed by atoms with Crippen LogP contribution in [0.3, 0.4) is 0 Å². The Morgan fingerprint density at radius 3 is 2.28 bits per heavy atom. The normalized spacial score (nSPS) is 27.2. The molecule has 252 valence electrons. The predicted molar refractivity (Wildman–Crippen MR) is 189 cm³/mol. The molecule has 0 aromatic heterocycles. The summed E-state index contributed by atoms with van der Waals surface area (Å²) >= 11 is 6.40. The number of fused-ring (bicyclic) bond motifs is 4. The molecular formula is C41H35ClN2O6. The van der Waals surface area contributed by atoms with Crippen molar-refractivity contribution in [1.29, 1.82) is 0 Å². The second kappa shape index (κ2) is 12.0. The minimum absolute atomic E-state index is 0.0673. The Kier molecular flexibility index (Phi) is 7.68. The zero-order valence-electron chi connectivity index (χ0n) is 27.6. The van der Waals surface area contributed by atoms with E-state index in [4.69, 9.17) is 16.3 Å². The van der Waals surface area contributed by atoms with Crippen LogP contribution in [0.15, 0.2) is 109 Å². The number of phenols is 1. The Balaban J connectivity index is 1.34. The lowest BCUT2D eigenvalue weighted by Crippen LogP contribution is -2.53. The number of anilines is 2. The van der Waals surface area contributed by atoms with Crippen molar-refractivity contribution in [2.45, 2.75) is 37.5 Å². The van der Waals surface area contributed by atoms with E-state index in [1.54, 1.807) is 36.4 Å². The fraction of sp³-hybridized carbons (Fsp3) is 0.268. The van der Waals surface area contributed by atoms with E-state index < -0.39 is 40.9 Å². The van der Waals surface area contributed by atoms with E-state index >= 15 is 4.79 Å². The van der Waals surface area contributed by atoms with E-state index in [0.717, 1.165) is 17.6 Å². The lowest BCUT2D eigenvalue weighted by molar-refractivity contribution is -0.127. The Morgan fingerprint density at radius 2 is 1.58 bits per heavy atom. The second-order valence-corrected chi connectivity index (χ2v) is 14.0. The van der Waals surface area contributed by atoms with Crippen LogP contribution < -0.4 is 14.5 Å². The fourth-order valence-corrected chi connectivity index (χ4v) is 9.31. The predicted octanol–water partition coefficient (Wildman–Crippen LogP) is 6.98. The first kappa shape index (κ1) is 32.0. The Hall–Kier alpha value is -5.21. The molecule has 2 saturated heterocycles. The maximum absolute atomic E-state index is 15.3. The number of carbonyl (C=O) groups excluding carboxylic acids is 4. The maximum Gasteiger partial charge on any atom is 0.246 e. The number of rotatable bonds is 6. The summed E-state index contributed by atoms with van der Waals surface area (Å²) in [6.07, 6.45) is 3.35. The third kappa shape index (κ3) is 4.51. The van der Waals surface area contributed by atoms with Crippen LogP contribution in [-0.2, 0) is 31.0 Å². The number of benzene rings is 4. The van der Waals surface area contributed by atoms with Crippen LogP contribution in [-0.4, -0.2) is 35.8 Å². The molecular weight excluding hydrogens is 652 g/mol. The number of carbonyl (C=O) groups is 4. The fourth-order valence-electron chi connectivity index (χ4n) is 9.13. The average Bonchev–Trinajstić information content (AvgIpc) is 3.53. The van der Waals surface area contributed by atoms with Crippen LogP contribution in [0.25, 0.3) is 0 Å². The van der Waals surface area contributed by atoms with Crippen LogP contribution in [0.5, 0.6) is 11.5 Å². The molecule has 3 fully saturated rings. The van der Waals surface area contributed by atoms with E-state index in [0.29, 0.717) is 33.9 Å². The van der Waals surface area contributed by atoms with Gasteiger partial charge in [0.1, 0.15) is 0 Å². The van der Waals surface area contributed by atoms with Gasteiger partial charge in [-0.25, -0.2) is 4.90 Å². The number of methoxy groups -OCH3 is 1. The first-order valence-electron chi connectivity index (χ1n) is 16.9. The average molecular weight is 687 g/mol. The summed E-state index contributed by atoms with van der Waals surface area (Å²) in [4.78, 5) is 61.3. The summed E-state index contributed by atoms with van der Waals surface area (Å²) in [7, 11) is 1.46. The maximum atomic E-state index is 15.3. The SMILES string of the molecule is CCc1ccc(N2C(=O)C3CC=C4C(CC5C(=O)N(c6cccc(Cl)c6)C(=O)C5(c5ccccc5)C4c4ccc(O)c(OC)c4)C3C2=O)cc1.